The van der Waals surface area contributed by atoms with Gasteiger partial charge in [-0.15, -0.1) is 0 Å². The molecule has 3 aromatic heterocycles. The summed E-state index contributed by atoms with van der Waals surface area (Å²) >= 11 is 0. The maximum absolute atomic E-state index is 13.6. The zero-order valence-corrected chi connectivity index (χ0v) is 23.8. The molecule has 1 aliphatic heterocycles. The van der Waals surface area contributed by atoms with Crippen LogP contribution in [0.4, 0.5) is 0 Å². The average Bonchev–Trinajstić information content (AvgIpc) is 3.22. The predicted molar refractivity (Wildman–Crippen MR) is 150 cm³/mol. The number of aryl methyl sites for hydroxylation is 2. The SMILES string of the molecule is C=C(Cn1ncc2c(C(=O)NCc3c(C)cc(C)[nH]c3=O)cc(C3CC(C)(C)NC(C)(C)C3)nc21)C(=O)OC. The first-order valence-corrected chi connectivity index (χ1v) is 13.1. The van der Waals surface area contributed by atoms with E-state index in [0.29, 0.717) is 22.2 Å². The number of H-pyrrole nitrogens is 1. The van der Waals surface area contributed by atoms with Gasteiger partial charge in [0.15, 0.2) is 5.65 Å². The van der Waals surface area contributed by atoms with Crippen LogP contribution in [0, 0.1) is 13.8 Å². The molecule has 1 fully saturated rings. The van der Waals surface area contributed by atoms with Crippen LogP contribution in [0.5, 0.6) is 0 Å². The molecule has 4 heterocycles. The number of hydrogen-bond acceptors (Lipinski definition) is 7. The van der Waals surface area contributed by atoms with Crippen molar-refractivity contribution in [2.45, 2.75) is 84.5 Å². The minimum absolute atomic E-state index is 0.0782. The zero-order valence-electron chi connectivity index (χ0n) is 23.8. The molecule has 0 spiro atoms. The number of nitrogens with one attached hydrogen (secondary N) is 3. The van der Waals surface area contributed by atoms with Crippen molar-refractivity contribution in [2.24, 2.45) is 0 Å². The van der Waals surface area contributed by atoms with Gasteiger partial charge < -0.3 is 20.4 Å². The first kappa shape index (κ1) is 28.2. The summed E-state index contributed by atoms with van der Waals surface area (Å²) in [4.78, 5) is 45.9. The van der Waals surface area contributed by atoms with Crippen molar-refractivity contribution in [3.05, 3.63) is 68.9 Å². The summed E-state index contributed by atoms with van der Waals surface area (Å²) in [5.74, 6) is -0.781. The number of nitrogens with zero attached hydrogens (tertiary/aromatic N) is 3. The molecule has 0 atom stereocenters. The number of pyridine rings is 2. The Bertz CT molecular complexity index is 1500. The van der Waals surface area contributed by atoms with Gasteiger partial charge in [0.25, 0.3) is 11.5 Å². The first-order valence-electron chi connectivity index (χ1n) is 13.1. The Labute approximate surface area is 228 Å². The summed E-state index contributed by atoms with van der Waals surface area (Å²) < 4.78 is 6.37. The van der Waals surface area contributed by atoms with Crippen LogP contribution in [0.15, 0.2) is 35.3 Å². The van der Waals surface area contributed by atoms with Gasteiger partial charge in [-0.1, -0.05) is 6.58 Å². The molecule has 1 amide bonds. The molecule has 0 aromatic carbocycles. The quantitative estimate of drug-likeness (QED) is 0.313. The topological polar surface area (TPSA) is 131 Å². The van der Waals surface area contributed by atoms with E-state index in [1.807, 2.05) is 26.0 Å². The smallest absolute Gasteiger partial charge is 0.335 e. The normalized spacial score (nSPS) is 16.7. The highest BCUT2D eigenvalue weighted by Crippen LogP contribution is 2.39. The molecule has 208 valence electrons. The van der Waals surface area contributed by atoms with Gasteiger partial charge in [-0.25, -0.2) is 14.5 Å². The Morgan fingerprint density at radius 3 is 2.46 bits per heavy atom. The molecule has 3 aromatic rings. The second-order valence-electron chi connectivity index (χ2n) is 11.9. The van der Waals surface area contributed by atoms with Crippen molar-refractivity contribution in [3.8, 4) is 0 Å². The molecule has 1 saturated heterocycles. The summed E-state index contributed by atoms with van der Waals surface area (Å²) in [6, 6.07) is 3.72. The molecule has 10 nitrogen and oxygen atoms in total. The molecule has 4 rings (SSSR count). The second-order valence-corrected chi connectivity index (χ2v) is 11.9. The second kappa shape index (κ2) is 10.4. The van der Waals surface area contributed by atoms with Crippen LogP contribution in [0.1, 0.15) is 79.3 Å². The molecule has 1 aliphatic rings. The number of aromatic amines is 1. The van der Waals surface area contributed by atoms with E-state index in [1.165, 1.54) is 7.11 Å². The molecule has 0 aliphatic carbocycles. The van der Waals surface area contributed by atoms with E-state index in [9.17, 15) is 14.4 Å². The van der Waals surface area contributed by atoms with Crippen LogP contribution >= 0.6 is 0 Å². The highest BCUT2D eigenvalue weighted by Gasteiger charge is 2.39. The number of aromatic nitrogens is 4. The number of piperidine rings is 1. The molecular weight excluding hydrogens is 496 g/mol. The summed E-state index contributed by atoms with van der Waals surface area (Å²) in [5, 5.41) is 11.6. The number of amides is 1. The van der Waals surface area contributed by atoms with Gasteiger partial charge >= 0.3 is 5.97 Å². The Morgan fingerprint density at radius 2 is 1.85 bits per heavy atom. The van der Waals surface area contributed by atoms with Crippen molar-refractivity contribution in [1.82, 2.24) is 30.4 Å². The minimum atomic E-state index is -0.534. The maximum Gasteiger partial charge on any atom is 0.335 e. The summed E-state index contributed by atoms with van der Waals surface area (Å²) in [6.07, 6.45) is 3.24. The highest BCUT2D eigenvalue weighted by atomic mass is 16.5. The van der Waals surface area contributed by atoms with E-state index < -0.39 is 5.97 Å². The Kier molecular flexibility index (Phi) is 7.53. The number of fused-ring (bicyclic) bond motifs is 1. The van der Waals surface area contributed by atoms with E-state index in [4.69, 9.17) is 9.72 Å². The number of esters is 1. The number of carbonyl (C=O) groups is 2. The van der Waals surface area contributed by atoms with Crippen molar-refractivity contribution in [1.29, 1.82) is 0 Å². The van der Waals surface area contributed by atoms with E-state index in [-0.39, 0.29) is 47.1 Å². The largest absolute Gasteiger partial charge is 0.466 e. The molecule has 39 heavy (non-hydrogen) atoms. The maximum atomic E-state index is 13.6. The average molecular weight is 535 g/mol. The van der Waals surface area contributed by atoms with E-state index in [0.717, 1.165) is 29.8 Å². The van der Waals surface area contributed by atoms with Gasteiger partial charge in [0.2, 0.25) is 0 Å². The van der Waals surface area contributed by atoms with E-state index in [1.54, 1.807) is 10.9 Å². The van der Waals surface area contributed by atoms with Crippen LogP contribution in [0.2, 0.25) is 0 Å². The number of carbonyl (C=O) groups excluding carboxylic acids is 2. The molecule has 3 N–H and O–H groups in total. The van der Waals surface area contributed by atoms with Gasteiger partial charge in [0.1, 0.15) is 0 Å². The third-order valence-corrected chi connectivity index (χ3v) is 7.22. The van der Waals surface area contributed by atoms with Crippen molar-refractivity contribution < 1.29 is 14.3 Å². The number of hydrogen-bond donors (Lipinski definition) is 3. The summed E-state index contributed by atoms with van der Waals surface area (Å²) in [5.41, 5.74) is 3.51. The van der Waals surface area contributed by atoms with Crippen LogP contribution in [-0.4, -0.2) is 49.8 Å². The lowest BCUT2D eigenvalue weighted by molar-refractivity contribution is -0.136. The lowest BCUT2D eigenvalue weighted by Gasteiger charge is -2.46. The van der Waals surface area contributed by atoms with Crippen LogP contribution in [0.25, 0.3) is 11.0 Å². The molecule has 0 bridgehead atoms. The third kappa shape index (κ3) is 6.11. The van der Waals surface area contributed by atoms with Crippen molar-refractivity contribution >= 4 is 22.9 Å². The first-order chi connectivity index (χ1) is 18.2. The number of ether oxygens (including phenoxy) is 1. The fourth-order valence-corrected chi connectivity index (χ4v) is 5.87. The van der Waals surface area contributed by atoms with Crippen LogP contribution in [0.3, 0.4) is 0 Å². The number of methoxy groups -OCH3 is 1. The Balaban J connectivity index is 1.76. The Hall–Kier alpha value is -3.79. The van der Waals surface area contributed by atoms with Crippen molar-refractivity contribution in [2.75, 3.05) is 7.11 Å². The molecular formula is C29H38N6O4. The fraction of sp³-hybridized carbons (Fsp3) is 0.483. The summed E-state index contributed by atoms with van der Waals surface area (Å²) in [6.45, 7) is 16.3. The van der Waals surface area contributed by atoms with Gasteiger partial charge in [-0.3, -0.25) is 9.59 Å². The van der Waals surface area contributed by atoms with E-state index in [2.05, 4.69) is 55.0 Å². The predicted octanol–water partition coefficient (Wildman–Crippen LogP) is 3.42. The lowest BCUT2D eigenvalue weighted by Crippen LogP contribution is -2.57. The van der Waals surface area contributed by atoms with Crippen molar-refractivity contribution in [3.63, 3.8) is 0 Å². The summed E-state index contributed by atoms with van der Waals surface area (Å²) in [7, 11) is 1.30. The third-order valence-electron chi connectivity index (χ3n) is 7.22. The molecule has 10 heteroatoms. The molecule has 0 saturated carbocycles. The highest BCUT2D eigenvalue weighted by molar-refractivity contribution is 6.05. The molecule has 0 radical (unpaired) electrons. The van der Waals surface area contributed by atoms with Gasteiger partial charge in [-0.2, -0.15) is 5.10 Å². The lowest BCUT2D eigenvalue weighted by atomic mass is 9.74. The van der Waals surface area contributed by atoms with Gasteiger partial charge in [-0.05, 0) is 72.1 Å². The van der Waals surface area contributed by atoms with Crippen LogP contribution < -0.4 is 16.2 Å². The zero-order chi connectivity index (χ0) is 28.7. The van der Waals surface area contributed by atoms with E-state index >= 15 is 0 Å². The minimum Gasteiger partial charge on any atom is -0.466 e. The monoisotopic (exact) mass is 534 g/mol. The molecule has 0 unspecified atom stereocenters. The standard InChI is InChI=1S/C29H38N6O4/c1-16-9-18(3)32-26(37)21(16)13-30-25(36)20-10-23(19-11-28(4,5)34-29(6,7)12-19)33-24-22(20)14-31-35(24)15-17(2)27(38)39-8/h9-10,14,19,34H,2,11-13,15H2,1,3-8H3,(H,30,36)(H,32,37). The fourth-order valence-electron chi connectivity index (χ4n) is 5.87. The van der Waals surface area contributed by atoms with Crippen LogP contribution in [-0.2, 0) is 22.6 Å². The Morgan fingerprint density at radius 1 is 1.18 bits per heavy atom. The van der Waals surface area contributed by atoms with Gasteiger partial charge in [0.05, 0.1) is 36.4 Å². The van der Waals surface area contributed by atoms with Gasteiger partial charge in [0, 0.05) is 40.5 Å². The number of rotatable bonds is 7.